The largest absolute Gasteiger partial charge is 0.465 e. The number of ether oxygens (including phenoxy) is 1. The second-order valence-corrected chi connectivity index (χ2v) is 10.3. The lowest BCUT2D eigenvalue weighted by Crippen LogP contribution is -2.11. The normalized spacial score (nSPS) is 15.2. The first kappa shape index (κ1) is 27.6. The van der Waals surface area contributed by atoms with E-state index in [4.69, 9.17) is 4.74 Å². The standard InChI is InChI=1S/C30H48O3/c1-5-6-7-8-9-10-11-12-13-14-15-16-17-18-28(31)33-20-19-27-23(2)21-26-22-24(3)30(32)29(26)25(27)4/h21,24H,5-20,22H2,1-4H3/t24-/m0/s1. The molecule has 0 heterocycles. The van der Waals surface area contributed by atoms with Crippen LogP contribution in [0.1, 0.15) is 136 Å². The smallest absolute Gasteiger partial charge is 0.305 e. The van der Waals surface area contributed by atoms with Gasteiger partial charge in [-0.1, -0.05) is 97.0 Å². The molecule has 3 heteroatoms. The molecule has 0 saturated heterocycles. The van der Waals surface area contributed by atoms with Crippen LogP contribution in [0.3, 0.4) is 0 Å². The summed E-state index contributed by atoms with van der Waals surface area (Å²) in [5.41, 5.74) is 5.57. The highest BCUT2D eigenvalue weighted by atomic mass is 16.5. The molecule has 0 aromatic heterocycles. The number of hydrogen-bond acceptors (Lipinski definition) is 3. The van der Waals surface area contributed by atoms with Gasteiger partial charge in [0.05, 0.1) is 6.61 Å². The SMILES string of the molecule is CCCCCCCCCCCCCCCC(=O)OCCc1c(C)cc2c(c1C)C(=O)[C@@H](C)C2. The monoisotopic (exact) mass is 456 g/mol. The number of carbonyl (C=O) groups is 2. The fourth-order valence-corrected chi connectivity index (χ4v) is 5.29. The van der Waals surface area contributed by atoms with Crippen molar-refractivity contribution in [3.63, 3.8) is 0 Å². The van der Waals surface area contributed by atoms with Crippen LogP contribution < -0.4 is 0 Å². The summed E-state index contributed by atoms with van der Waals surface area (Å²) in [6, 6.07) is 2.16. The number of unbranched alkanes of at least 4 members (excludes halogenated alkanes) is 12. The molecule has 0 spiro atoms. The van der Waals surface area contributed by atoms with Gasteiger partial charge in [-0.2, -0.15) is 0 Å². The Balaban J connectivity index is 1.51. The van der Waals surface area contributed by atoms with Gasteiger partial charge in [0.1, 0.15) is 0 Å². The Morgan fingerprint density at radius 2 is 1.45 bits per heavy atom. The van der Waals surface area contributed by atoms with E-state index in [2.05, 4.69) is 19.9 Å². The van der Waals surface area contributed by atoms with Crippen LogP contribution in [0.5, 0.6) is 0 Å². The molecule has 0 radical (unpaired) electrons. The molecule has 0 bridgehead atoms. The number of aryl methyl sites for hydroxylation is 1. The van der Waals surface area contributed by atoms with E-state index in [9.17, 15) is 9.59 Å². The maximum absolute atomic E-state index is 12.5. The quantitative estimate of drug-likeness (QED) is 0.175. The van der Waals surface area contributed by atoms with E-state index in [-0.39, 0.29) is 17.7 Å². The topological polar surface area (TPSA) is 43.4 Å². The molecule has 0 unspecified atom stereocenters. The number of ketones is 1. The summed E-state index contributed by atoms with van der Waals surface area (Å²) in [5.74, 6) is 0.272. The zero-order chi connectivity index (χ0) is 24.1. The molecule has 1 aromatic carbocycles. The number of fused-ring (bicyclic) bond motifs is 1. The molecule has 0 amide bonds. The lowest BCUT2D eigenvalue weighted by molar-refractivity contribution is -0.143. The van der Waals surface area contributed by atoms with Gasteiger partial charge in [-0.05, 0) is 48.9 Å². The molecule has 0 saturated carbocycles. The molecule has 0 N–H and O–H groups in total. The molecule has 3 nitrogen and oxygen atoms in total. The molecule has 33 heavy (non-hydrogen) atoms. The Morgan fingerprint density at radius 3 is 2.03 bits per heavy atom. The molecule has 1 aliphatic rings. The van der Waals surface area contributed by atoms with E-state index < -0.39 is 0 Å². The second kappa shape index (κ2) is 15.3. The molecular formula is C30H48O3. The van der Waals surface area contributed by atoms with E-state index in [0.717, 1.165) is 30.4 Å². The van der Waals surface area contributed by atoms with Crippen molar-refractivity contribution in [3.05, 3.63) is 33.9 Å². The molecule has 2 rings (SSSR count). The van der Waals surface area contributed by atoms with Crippen LogP contribution in [-0.4, -0.2) is 18.4 Å². The molecule has 1 atom stereocenters. The summed E-state index contributed by atoms with van der Waals surface area (Å²) in [6.45, 7) is 8.83. The zero-order valence-corrected chi connectivity index (χ0v) is 21.9. The van der Waals surface area contributed by atoms with Gasteiger partial charge in [0.2, 0.25) is 0 Å². The second-order valence-electron chi connectivity index (χ2n) is 10.3. The van der Waals surface area contributed by atoms with Crippen molar-refractivity contribution >= 4 is 11.8 Å². The predicted molar refractivity (Wildman–Crippen MR) is 138 cm³/mol. The minimum absolute atomic E-state index is 0.0840. The minimum atomic E-state index is -0.0840. The van der Waals surface area contributed by atoms with Crippen LogP contribution in [0, 0.1) is 19.8 Å². The van der Waals surface area contributed by atoms with Gasteiger partial charge in [-0.25, -0.2) is 0 Å². The highest BCUT2D eigenvalue weighted by Gasteiger charge is 2.30. The van der Waals surface area contributed by atoms with Crippen LogP contribution in [0.25, 0.3) is 0 Å². The first-order valence-corrected chi connectivity index (χ1v) is 13.8. The Hall–Kier alpha value is -1.64. The third-order valence-electron chi connectivity index (χ3n) is 7.34. The number of Topliss-reactive ketones (excluding diaryl/α,β-unsaturated/α-hetero) is 1. The maximum Gasteiger partial charge on any atom is 0.305 e. The summed E-state index contributed by atoms with van der Waals surface area (Å²) in [6.07, 6.45) is 19.1. The van der Waals surface area contributed by atoms with Gasteiger partial charge >= 0.3 is 5.97 Å². The van der Waals surface area contributed by atoms with Crippen LogP contribution in [0.4, 0.5) is 0 Å². The van der Waals surface area contributed by atoms with Crippen molar-refractivity contribution in [1.82, 2.24) is 0 Å². The predicted octanol–water partition coefficient (Wildman–Crippen LogP) is 8.25. The summed E-state index contributed by atoms with van der Waals surface area (Å²) in [7, 11) is 0. The lowest BCUT2D eigenvalue weighted by atomic mass is 9.92. The van der Waals surface area contributed by atoms with Crippen LogP contribution >= 0.6 is 0 Å². The average molecular weight is 457 g/mol. The number of rotatable bonds is 17. The van der Waals surface area contributed by atoms with Crippen LogP contribution in [0.2, 0.25) is 0 Å². The maximum atomic E-state index is 12.5. The Morgan fingerprint density at radius 1 is 0.909 bits per heavy atom. The van der Waals surface area contributed by atoms with Crippen molar-refractivity contribution in [1.29, 1.82) is 0 Å². The molecular weight excluding hydrogens is 408 g/mol. The van der Waals surface area contributed by atoms with Gasteiger partial charge in [0.15, 0.2) is 5.78 Å². The third-order valence-corrected chi connectivity index (χ3v) is 7.34. The first-order chi connectivity index (χ1) is 16.0. The number of esters is 1. The van der Waals surface area contributed by atoms with Gasteiger partial charge in [-0.15, -0.1) is 0 Å². The number of hydrogen-bond donors (Lipinski definition) is 0. The summed E-state index contributed by atoms with van der Waals surface area (Å²) in [5, 5.41) is 0. The van der Waals surface area contributed by atoms with Crippen molar-refractivity contribution in [2.45, 2.75) is 130 Å². The summed E-state index contributed by atoms with van der Waals surface area (Å²) in [4.78, 5) is 24.6. The van der Waals surface area contributed by atoms with Crippen molar-refractivity contribution in [3.8, 4) is 0 Å². The fraction of sp³-hybridized carbons (Fsp3) is 0.733. The first-order valence-electron chi connectivity index (χ1n) is 13.8. The van der Waals surface area contributed by atoms with Crippen molar-refractivity contribution in [2.24, 2.45) is 5.92 Å². The molecule has 0 aliphatic heterocycles. The van der Waals surface area contributed by atoms with E-state index in [1.807, 2.05) is 13.8 Å². The van der Waals surface area contributed by atoms with Crippen LogP contribution in [0.15, 0.2) is 6.07 Å². The van der Waals surface area contributed by atoms with Crippen molar-refractivity contribution < 1.29 is 14.3 Å². The van der Waals surface area contributed by atoms with Gasteiger partial charge in [-0.3, -0.25) is 9.59 Å². The van der Waals surface area contributed by atoms with Crippen molar-refractivity contribution in [2.75, 3.05) is 6.61 Å². The average Bonchev–Trinajstić information content (AvgIpc) is 3.06. The van der Waals surface area contributed by atoms with Gasteiger partial charge in [0, 0.05) is 24.3 Å². The third kappa shape index (κ3) is 9.26. The fourth-order valence-electron chi connectivity index (χ4n) is 5.29. The molecule has 0 fully saturated rings. The Kier molecular flexibility index (Phi) is 12.8. The van der Waals surface area contributed by atoms with E-state index >= 15 is 0 Å². The molecule has 186 valence electrons. The van der Waals surface area contributed by atoms with Gasteiger partial charge < -0.3 is 4.74 Å². The van der Waals surface area contributed by atoms with E-state index in [1.165, 1.54) is 87.3 Å². The molecule has 1 aromatic rings. The zero-order valence-electron chi connectivity index (χ0n) is 21.9. The van der Waals surface area contributed by atoms with E-state index in [0.29, 0.717) is 19.4 Å². The number of carbonyl (C=O) groups excluding carboxylic acids is 2. The summed E-state index contributed by atoms with van der Waals surface area (Å²) < 4.78 is 5.51. The van der Waals surface area contributed by atoms with Crippen LogP contribution in [-0.2, 0) is 22.4 Å². The highest BCUT2D eigenvalue weighted by molar-refractivity contribution is 6.03. The molecule has 1 aliphatic carbocycles. The highest BCUT2D eigenvalue weighted by Crippen LogP contribution is 2.33. The van der Waals surface area contributed by atoms with Gasteiger partial charge in [0.25, 0.3) is 0 Å². The Labute approximate surface area is 203 Å². The lowest BCUT2D eigenvalue weighted by Gasteiger charge is -2.14. The van der Waals surface area contributed by atoms with E-state index in [1.54, 1.807) is 0 Å². The summed E-state index contributed by atoms with van der Waals surface area (Å²) >= 11 is 0. The minimum Gasteiger partial charge on any atom is -0.465 e. The Bertz CT molecular complexity index is 749. The number of benzene rings is 1.